The molecule has 2 aromatic rings. The first-order valence-corrected chi connectivity index (χ1v) is 7.86. The predicted molar refractivity (Wildman–Crippen MR) is 90.0 cm³/mol. The standard InChI is InChI=1S/C18H17ClN2O2/c19-16-7-2-1-6-15(16)17-13-21(11-12-23-17)18(22)9-8-14-5-3-4-10-20-14/h1-10,17H,11-13H2. The molecule has 5 heteroatoms. The van der Waals surface area contributed by atoms with Crippen LogP contribution in [0.25, 0.3) is 6.08 Å². The molecule has 1 fully saturated rings. The van der Waals surface area contributed by atoms with E-state index in [9.17, 15) is 4.79 Å². The molecule has 1 unspecified atom stereocenters. The minimum Gasteiger partial charge on any atom is -0.370 e. The van der Waals surface area contributed by atoms with Crippen LogP contribution >= 0.6 is 11.6 Å². The van der Waals surface area contributed by atoms with Crippen LogP contribution in [0.3, 0.4) is 0 Å². The van der Waals surface area contributed by atoms with E-state index in [1.165, 1.54) is 0 Å². The second-order valence-corrected chi connectivity index (χ2v) is 5.66. The minimum atomic E-state index is -0.190. The molecule has 23 heavy (non-hydrogen) atoms. The smallest absolute Gasteiger partial charge is 0.246 e. The van der Waals surface area contributed by atoms with Crippen LogP contribution in [0, 0.1) is 0 Å². The van der Waals surface area contributed by atoms with Crippen LogP contribution in [-0.2, 0) is 9.53 Å². The molecule has 0 N–H and O–H groups in total. The maximum atomic E-state index is 12.4. The van der Waals surface area contributed by atoms with Crippen molar-refractivity contribution in [3.05, 3.63) is 71.0 Å². The molecule has 1 aromatic carbocycles. The quantitative estimate of drug-likeness (QED) is 0.811. The zero-order chi connectivity index (χ0) is 16.1. The number of hydrogen-bond donors (Lipinski definition) is 0. The van der Waals surface area contributed by atoms with Crippen molar-refractivity contribution < 1.29 is 9.53 Å². The molecule has 0 saturated carbocycles. The molecule has 4 nitrogen and oxygen atoms in total. The second-order valence-electron chi connectivity index (χ2n) is 5.25. The summed E-state index contributed by atoms with van der Waals surface area (Å²) in [6, 6.07) is 13.2. The van der Waals surface area contributed by atoms with Gasteiger partial charge in [0.25, 0.3) is 0 Å². The van der Waals surface area contributed by atoms with Gasteiger partial charge in [0.15, 0.2) is 0 Å². The Labute approximate surface area is 140 Å². The Morgan fingerprint density at radius 1 is 1.26 bits per heavy atom. The van der Waals surface area contributed by atoms with Gasteiger partial charge in [-0.1, -0.05) is 35.9 Å². The lowest BCUT2D eigenvalue weighted by molar-refractivity contribution is -0.133. The number of rotatable bonds is 3. The first kappa shape index (κ1) is 15.7. The molecule has 1 aliphatic heterocycles. The van der Waals surface area contributed by atoms with Crippen LogP contribution in [0.15, 0.2) is 54.7 Å². The maximum Gasteiger partial charge on any atom is 0.246 e. The average molecular weight is 329 g/mol. The Hall–Kier alpha value is -2.17. The highest BCUT2D eigenvalue weighted by Crippen LogP contribution is 2.28. The SMILES string of the molecule is O=C(C=Cc1ccccn1)N1CCOC(c2ccccc2Cl)C1. The van der Waals surface area contributed by atoms with E-state index in [-0.39, 0.29) is 12.0 Å². The highest BCUT2D eigenvalue weighted by molar-refractivity contribution is 6.31. The van der Waals surface area contributed by atoms with Crippen molar-refractivity contribution in [1.82, 2.24) is 9.88 Å². The normalized spacial score (nSPS) is 18.3. The van der Waals surface area contributed by atoms with E-state index in [1.807, 2.05) is 42.5 Å². The predicted octanol–water partition coefficient (Wildman–Crippen LogP) is 3.35. The third-order valence-corrected chi connectivity index (χ3v) is 4.06. The average Bonchev–Trinajstić information content (AvgIpc) is 2.61. The molecule has 2 heterocycles. The summed E-state index contributed by atoms with van der Waals surface area (Å²) >= 11 is 6.22. The highest BCUT2D eigenvalue weighted by Gasteiger charge is 2.25. The van der Waals surface area contributed by atoms with Crippen LogP contribution in [0.5, 0.6) is 0 Å². The molecular formula is C18H17ClN2O2. The van der Waals surface area contributed by atoms with Gasteiger partial charge in [0.2, 0.25) is 5.91 Å². The lowest BCUT2D eigenvalue weighted by Gasteiger charge is -2.33. The first-order valence-electron chi connectivity index (χ1n) is 7.48. The summed E-state index contributed by atoms with van der Waals surface area (Å²) in [5, 5.41) is 0.663. The van der Waals surface area contributed by atoms with Crippen molar-refractivity contribution >= 4 is 23.6 Å². The Bertz CT molecular complexity index is 703. The molecule has 1 saturated heterocycles. The largest absolute Gasteiger partial charge is 0.370 e. The number of hydrogen-bond acceptors (Lipinski definition) is 3. The number of pyridine rings is 1. The lowest BCUT2D eigenvalue weighted by atomic mass is 10.1. The highest BCUT2D eigenvalue weighted by atomic mass is 35.5. The number of carbonyl (C=O) groups is 1. The molecule has 1 aliphatic rings. The van der Waals surface area contributed by atoms with Gasteiger partial charge < -0.3 is 9.64 Å². The van der Waals surface area contributed by atoms with Gasteiger partial charge in [-0.05, 0) is 24.3 Å². The summed E-state index contributed by atoms with van der Waals surface area (Å²) < 4.78 is 5.77. The van der Waals surface area contributed by atoms with Gasteiger partial charge in [0, 0.05) is 29.4 Å². The molecule has 0 spiro atoms. The van der Waals surface area contributed by atoms with Gasteiger partial charge in [-0.2, -0.15) is 0 Å². The van der Waals surface area contributed by atoms with Gasteiger partial charge in [-0.3, -0.25) is 9.78 Å². The summed E-state index contributed by atoms with van der Waals surface area (Å²) in [7, 11) is 0. The number of ether oxygens (including phenoxy) is 1. The Balaban J connectivity index is 1.68. The molecule has 0 radical (unpaired) electrons. The third kappa shape index (κ3) is 3.97. The maximum absolute atomic E-state index is 12.4. The lowest BCUT2D eigenvalue weighted by Crippen LogP contribution is -2.41. The molecule has 1 amide bonds. The summed E-state index contributed by atoms with van der Waals surface area (Å²) in [5.74, 6) is -0.0454. The van der Waals surface area contributed by atoms with Crippen LogP contribution in [0.4, 0.5) is 0 Å². The molecule has 3 rings (SSSR count). The van der Waals surface area contributed by atoms with Crippen molar-refractivity contribution in [3.63, 3.8) is 0 Å². The van der Waals surface area contributed by atoms with Crippen molar-refractivity contribution in [1.29, 1.82) is 0 Å². The van der Waals surface area contributed by atoms with Gasteiger partial charge in [0.05, 0.1) is 18.8 Å². The first-order chi connectivity index (χ1) is 11.2. The van der Waals surface area contributed by atoms with E-state index in [1.54, 1.807) is 23.2 Å². The Morgan fingerprint density at radius 2 is 2.09 bits per heavy atom. The molecule has 1 aromatic heterocycles. The van der Waals surface area contributed by atoms with E-state index in [2.05, 4.69) is 4.98 Å². The van der Waals surface area contributed by atoms with Crippen LogP contribution < -0.4 is 0 Å². The number of halogens is 1. The van der Waals surface area contributed by atoms with Gasteiger partial charge in [-0.25, -0.2) is 0 Å². The monoisotopic (exact) mass is 328 g/mol. The molecular weight excluding hydrogens is 312 g/mol. The van der Waals surface area contributed by atoms with Crippen molar-refractivity contribution in [2.75, 3.05) is 19.7 Å². The van der Waals surface area contributed by atoms with E-state index >= 15 is 0 Å². The van der Waals surface area contributed by atoms with Crippen molar-refractivity contribution in [2.24, 2.45) is 0 Å². The van der Waals surface area contributed by atoms with Crippen molar-refractivity contribution in [2.45, 2.75) is 6.10 Å². The van der Waals surface area contributed by atoms with E-state index in [0.717, 1.165) is 11.3 Å². The Morgan fingerprint density at radius 3 is 2.87 bits per heavy atom. The molecule has 1 atom stereocenters. The fourth-order valence-electron chi connectivity index (χ4n) is 2.51. The van der Waals surface area contributed by atoms with E-state index in [4.69, 9.17) is 16.3 Å². The van der Waals surface area contributed by atoms with E-state index in [0.29, 0.717) is 24.7 Å². The fraction of sp³-hybridized carbons (Fsp3) is 0.222. The summed E-state index contributed by atoms with van der Waals surface area (Å²) in [6.45, 7) is 1.57. The topological polar surface area (TPSA) is 42.4 Å². The van der Waals surface area contributed by atoms with Crippen LogP contribution in [0.2, 0.25) is 5.02 Å². The minimum absolute atomic E-state index is 0.0454. The Kier molecular flexibility index (Phi) is 5.05. The number of carbonyl (C=O) groups excluding carboxylic acids is 1. The zero-order valence-electron chi connectivity index (χ0n) is 12.6. The molecule has 0 aliphatic carbocycles. The van der Waals surface area contributed by atoms with Crippen LogP contribution in [-0.4, -0.2) is 35.5 Å². The number of nitrogens with zero attached hydrogens (tertiary/aromatic N) is 2. The van der Waals surface area contributed by atoms with Gasteiger partial charge in [0.1, 0.15) is 6.10 Å². The number of amides is 1. The van der Waals surface area contributed by atoms with Crippen molar-refractivity contribution in [3.8, 4) is 0 Å². The van der Waals surface area contributed by atoms with Gasteiger partial charge in [-0.15, -0.1) is 0 Å². The fourth-order valence-corrected chi connectivity index (χ4v) is 2.77. The summed E-state index contributed by atoms with van der Waals surface area (Å²) in [6.07, 6.45) is 4.79. The molecule has 0 bridgehead atoms. The summed E-state index contributed by atoms with van der Waals surface area (Å²) in [5.41, 5.74) is 1.68. The second kappa shape index (κ2) is 7.40. The number of morpholine rings is 1. The number of aromatic nitrogens is 1. The zero-order valence-corrected chi connectivity index (χ0v) is 13.3. The van der Waals surface area contributed by atoms with E-state index < -0.39 is 0 Å². The van der Waals surface area contributed by atoms with Crippen LogP contribution in [0.1, 0.15) is 17.4 Å². The third-order valence-electron chi connectivity index (χ3n) is 3.71. The summed E-state index contributed by atoms with van der Waals surface area (Å²) in [4.78, 5) is 18.3. The van der Waals surface area contributed by atoms with Gasteiger partial charge >= 0.3 is 0 Å². The number of benzene rings is 1. The molecule has 118 valence electrons.